The standard InChI is InChI=1S/C28H32O3/c1-6-17-12-16(4)13-18(7-2)22(17)23-25(29)24-26-20(19-10-8-15(3)9-11-19)14-21(31-26)28(24,5)27(23)30/h8-13,20-21,24,26,29H,6-7,14H2,1-5H3/t20?,21-,24+,26+,28-/m0/s1. The number of aliphatic hydroxyl groups excluding tert-OH is 1. The Kier molecular flexibility index (Phi) is 4.67. The number of ether oxygens (including phenoxy) is 1. The average molecular weight is 417 g/mol. The van der Waals surface area contributed by atoms with E-state index in [4.69, 9.17) is 4.74 Å². The number of allylic oxidation sites excluding steroid dienone is 1. The molecule has 1 unspecified atom stereocenters. The Bertz CT molecular complexity index is 1070. The third kappa shape index (κ3) is 2.72. The van der Waals surface area contributed by atoms with Crippen LogP contribution < -0.4 is 0 Å². The van der Waals surface area contributed by atoms with Gasteiger partial charge in [-0.1, -0.05) is 61.4 Å². The van der Waals surface area contributed by atoms with Crippen LogP contribution >= 0.6 is 0 Å². The van der Waals surface area contributed by atoms with Gasteiger partial charge >= 0.3 is 0 Å². The fourth-order valence-corrected chi connectivity index (χ4v) is 6.41. The maximum atomic E-state index is 13.9. The van der Waals surface area contributed by atoms with Crippen molar-refractivity contribution in [2.24, 2.45) is 11.3 Å². The molecule has 1 N–H and O–H groups in total. The zero-order chi connectivity index (χ0) is 22.1. The third-order valence-electron chi connectivity index (χ3n) is 8.06. The van der Waals surface area contributed by atoms with E-state index < -0.39 is 5.41 Å². The van der Waals surface area contributed by atoms with Gasteiger partial charge in [0, 0.05) is 5.92 Å². The van der Waals surface area contributed by atoms with E-state index in [9.17, 15) is 9.90 Å². The van der Waals surface area contributed by atoms with Crippen molar-refractivity contribution in [1.82, 2.24) is 0 Å². The first-order valence-corrected chi connectivity index (χ1v) is 11.6. The highest BCUT2D eigenvalue weighted by Crippen LogP contribution is 2.64. The number of carbonyl (C=O) groups excluding carboxylic acids is 1. The number of hydrogen-bond acceptors (Lipinski definition) is 3. The molecule has 5 atom stereocenters. The van der Waals surface area contributed by atoms with E-state index in [2.05, 4.69) is 64.1 Å². The summed E-state index contributed by atoms with van der Waals surface area (Å²) in [7, 11) is 0. The van der Waals surface area contributed by atoms with E-state index in [1.165, 1.54) is 16.7 Å². The van der Waals surface area contributed by atoms with Crippen molar-refractivity contribution in [2.75, 3.05) is 0 Å². The lowest BCUT2D eigenvalue weighted by molar-refractivity contribution is -0.125. The molecule has 2 bridgehead atoms. The van der Waals surface area contributed by atoms with Crippen molar-refractivity contribution in [3.05, 3.63) is 75.5 Å². The molecule has 2 aromatic carbocycles. The minimum Gasteiger partial charge on any atom is -0.511 e. The quantitative estimate of drug-likeness (QED) is 0.679. The van der Waals surface area contributed by atoms with Gasteiger partial charge in [-0.25, -0.2) is 0 Å². The lowest BCUT2D eigenvalue weighted by Crippen LogP contribution is -2.43. The van der Waals surface area contributed by atoms with E-state index in [1.54, 1.807) is 0 Å². The number of Topliss-reactive ketones (excluding diaryl/α,β-unsaturated/α-hetero) is 1. The van der Waals surface area contributed by atoms with Crippen molar-refractivity contribution < 1.29 is 14.6 Å². The third-order valence-corrected chi connectivity index (χ3v) is 8.06. The molecule has 0 saturated carbocycles. The van der Waals surface area contributed by atoms with Crippen LogP contribution in [0.2, 0.25) is 0 Å². The SMILES string of the molecule is CCc1cc(C)cc(CC)c1C1=C(O)[C@@H]2[C@@H]3O[C@@H](CC3c3ccc(C)cc3)[C@]2(C)C1=O. The van der Waals surface area contributed by atoms with Crippen molar-refractivity contribution in [3.8, 4) is 0 Å². The van der Waals surface area contributed by atoms with E-state index in [0.717, 1.165) is 36.0 Å². The second-order valence-electron chi connectivity index (χ2n) is 9.86. The van der Waals surface area contributed by atoms with Crippen LogP contribution in [0.5, 0.6) is 0 Å². The second-order valence-corrected chi connectivity index (χ2v) is 9.86. The molecule has 2 saturated heterocycles. The Morgan fingerprint density at radius 1 is 1.03 bits per heavy atom. The molecule has 31 heavy (non-hydrogen) atoms. The van der Waals surface area contributed by atoms with Crippen LogP contribution in [0.25, 0.3) is 5.57 Å². The highest BCUT2D eigenvalue weighted by Gasteiger charge is 2.69. The Balaban J connectivity index is 1.63. The predicted molar refractivity (Wildman–Crippen MR) is 123 cm³/mol. The van der Waals surface area contributed by atoms with Gasteiger partial charge in [-0.05, 0) is 62.3 Å². The molecule has 2 fully saturated rings. The molecule has 0 spiro atoms. The van der Waals surface area contributed by atoms with Crippen LogP contribution in [0.3, 0.4) is 0 Å². The highest BCUT2D eigenvalue weighted by atomic mass is 16.5. The summed E-state index contributed by atoms with van der Waals surface area (Å²) in [4.78, 5) is 13.9. The summed E-state index contributed by atoms with van der Waals surface area (Å²) in [6, 6.07) is 12.9. The first-order chi connectivity index (χ1) is 14.8. The minimum absolute atomic E-state index is 0.0677. The van der Waals surface area contributed by atoms with Crippen LogP contribution in [0.1, 0.15) is 66.5 Å². The highest BCUT2D eigenvalue weighted by molar-refractivity contribution is 6.27. The van der Waals surface area contributed by atoms with Gasteiger partial charge in [0.2, 0.25) is 0 Å². The van der Waals surface area contributed by atoms with Gasteiger partial charge < -0.3 is 9.84 Å². The first-order valence-electron chi connectivity index (χ1n) is 11.6. The number of hydrogen-bond donors (Lipinski definition) is 1. The summed E-state index contributed by atoms with van der Waals surface area (Å²) in [6.45, 7) is 10.5. The molecule has 3 nitrogen and oxygen atoms in total. The van der Waals surface area contributed by atoms with Crippen molar-refractivity contribution in [2.45, 2.75) is 72.0 Å². The lowest BCUT2D eigenvalue weighted by Gasteiger charge is -2.35. The summed E-state index contributed by atoms with van der Waals surface area (Å²) in [5.41, 5.74) is 6.84. The van der Waals surface area contributed by atoms with Crippen LogP contribution in [-0.2, 0) is 22.4 Å². The number of benzene rings is 2. The summed E-state index contributed by atoms with van der Waals surface area (Å²) in [5.74, 6) is 0.270. The number of carbonyl (C=O) groups is 1. The van der Waals surface area contributed by atoms with Gasteiger partial charge in [-0.3, -0.25) is 4.79 Å². The zero-order valence-electron chi connectivity index (χ0n) is 19.2. The van der Waals surface area contributed by atoms with Gasteiger partial charge in [0.05, 0.1) is 29.1 Å². The van der Waals surface area contributed by atoms with Gasteiger partial charge in [0.25, 0.3) is 0 Å². The molecule has 0 radical (unpaired) electrons. The van der Waals surface area contributed by atoms with Gasteiger partial charge in [0.1, 0.15) is 5.76 Å². The zero-order valence-corrected chi connectivity index (χ0v) is 19.2. The molecule has 3 aliphatic rings. The molecule has 2 heterocycles. The molecule has 2 aliphatic heterocycles. The first kappa shape index (κ1) is 20.5. The molecule has 3 heteroatoms. The predicted octanol–water partition coefficient (Wildman–Crippen LogP) is 5.86. The fourth-order valence-electron chi connectivity index (χ4n) is 6.41. The van der Waals surface area contributed by atoms with Crippen LogP contribution in [0, 0.1) is 25.2 Å². The van der Waals surface area contributed by atoms with Crippen molar-refractivity contribution >= 4 is 11.4 Å². The lowest BCUT2D eigenvalue weighted by atomic mass is 9.63. The molecular weight excluding hydrogens is 384 g/mol. The second kappa shape index (κ2) is 7.06. The Hall–Kier alpha value is -2.39. The Morgan fingerprint density at radius 2 is 1.65 bits per heavy atom. The van der Waals surface area contributed by atoms with Crippen LogP contribution in [0.15, 0.2) is 42.2 Å². The monoisotopic (exact) mass is 416 g/mol. The maximum Gasteiger partial charge on any atom is 0.176 e. The summed E-state index contributed by atoms with van der Waals surface area (Å²) in [6.07, 6.45) is 2.21. The summed E-state index contributed by atoms with van der Waals surface area (Å²) < 4.78 is 6.38. The Labute approximate surface area is 185 Å². The van der Waals surface area contributed by atoms with E-state index >= 15 is 0 Å². The normalized spacial score (nSPS) is 31.6. The van der Waals surface area contributed by atoms with Gasteiger partial charge in [0.15, 0.2) is 5.78 Å². The summed E-state index contributed by atoms with van der Waals surface area (Å²) in [5, 5.41) is 11.6. The van der Waals surface area contributed by atoms with Crippen LogP contribution in [-0.4, -0.2) is 23.1 Å². The van der Waals surface area contributed by atoms with Crippen molar-refractivity contribution in [1.29, 1.82) is 0 Å². The number of aliphatic hydroxyl groups is 1. The molecule has 2 aromatic rings. The number of ketones is 1. The Morgan fingerprint density at radius 3 is 2.23 bits per heavy atom. The molecule has 0 aromatic heterocycles. The maximum absolute atomic E-state index is 13.9. The molecule has 162 valence electrons. The van der Waals surface area contributed by atoms with E-state index in [-0.39, 0.29) is 35.6 Å². The largest absolute Gasteiger partial charge is 0.511 e. The molecular formula is C28H32O3. The molecule has 1 aliphatic carbocycles. The average Bonchev–Trinajstić information content (AvgIpc) is 3.37. The smallest absolute Gasteiger partial charge is 0.176 e. The van der Waals surface area contributed by atoms with Crippen molar-refractivity contribution in [3.63, 3.8) is 0 Å². The fraction of sp³-hybridized carbons (Fsp3) is 0.464. The van der Waals surface area contributed by atoms with Crippen LogP contribution in [0.4, 0.5) is 0 Å². The number of rotatable bonds is 4. The number of fused-ring (bicyclic) bond motifs is 5. The van der Waals surface area contributed by atoms with Gasteiger partial charge in [-0.2, -0.15) is 0 Å². The number of aryl methyl sites for hydroxylation is 4. The topological polar surface area (TPSA) is 46.5 Å². The molecule has 0 amide bonds. The van der Waals surface area contributed by atoms with E-state index in [1.807, 2.05) is 6.92 Å². The van der Waals surface area contributed by atoms with E-state index in [0.29, 0.717) is 5.57 Å². The summed E-state index contributed by atoms with van der Waals surface area (Å²) >= 11 is 0. The molecule has 5 rings (SSSR count). The minimum atomic E-state index is -0.674. The van der Waals surface area contributed by atoms with Gasteiger partial charge in [-0.15, -0.1) is 0 Å².